The summed E-state index contributed by atoms with van der Waals surface area (Å²) in [4.78, 5) is 10.7. The van der Waals surface area contributed by atoms with E-state index in [1.165, 1.54) is 31.3 Å². The lowest BCUT2D eigenvalue weighted by Crippen LogP contribution is -2.41. The maximum absolute atomic E-state index is 11.8. The molecule has 88 valence electrons. The highest BCUT2D eigenvalue weighted by Crippen LogP contribution is 2.17. The molecule has 0 aliphatic rings. The highest BCUT2D eigenvalue weighted by Gasteiger charge is 2.32. The average Bonchev–Trinajstić information content (AvgIpc) is 2.18. The van der Waals surface area contributed by atoms with Crippen molar-refractivity contribution >= 4 is 27.4 Å². The average molecular weight is 264 g/mol. The summed E-state index contributed by atoms with van der Waals surface area (Å²) in [6, 6.07) is 5.32. The molecule has 0 heterocycles. The van der Waals surface area contributed by atoms with Crippen molar-refractivity contribution in [3.8, 4) is 0 Å². The van der Waals surface area contributed by atoms with E-state index in [1.807, 2.05) is 0 Å². The number of carbonyl (C=O) groups is 1. The third kappa shape index (κ3) is 2.52. The zero-order chi connectivity index (χ0) is 12.3. The van der Waals surface area contributed by atoms with Crippen LogP contribution in [-0.4, -0.2) is 31.9 Å². The molecule has 1 aromatic carbocycles. The van der Waals surface area contributed by atoms with E-state index in [9.17, 15) is 13.2 Å². The third-order valence-corrected chi connectivity index (χ3v) is 4.18. The van der Waals surface area contributed by atoms with Gasteiger partial charge in [-0.25, -0.2) is 13.2 Å². The Morgan fingerprint density at radius 1 is 1.38 bits per heavy atom. The zero-order valence-corrected chi connectivity index (χ0v) is 9.92. The molecule has 1 unspecified atom stereocenters. The molecule has 0 bridgehead atoms. The quantitative estimate of drug-likeness (QED) is 0.837. The molecule has 1 rings (SSSR count). The second-order valence-corrected chi connectivity index (χ2v) is 5.48. The van der Waals surface area contributed by atoms with Gasteiger partial charge in [0.2, 0.25) is 15.2 Å². The molecule has 1 atom stereocenters. The Morgan fingerprint density at radius 3 is 2.25 bits per heavy atom. The molecule has 0 amide bonds. The third-order valence-electron chi connectivity index (χ3n) is 1.94. The number of benzene rings is 1. The number of carboxylic acids is 1. The van der Waals surface area contributed by atoms with E-state index in [0.29, 0.717) is 5.02 Å². The molecule has 0 spiro atoms. The first-order valence-electron chi connectivity index (χ1n) is 4.29. The molecule has 0 radical (unpaired) electrons. The summed E-state index contributed by atoms with van der Waals surface area (Å²) < 4.78 is 23.7. The number of likely N-dealkylation sites (N-methyl/N-ethyl adjacent to an activating group) is 1. The van der Waals surface area contributed by atoms with Crippen molar-refractivity contribution in [2.24, 2.45) is 0 Å². The summed E-state index contributed by atoms with van der Waals surface area (Å²) in [6.07, 6.45) is 0. The van der Waals surface area contributed by atoms with Crippen LogP contribution < -0.4 is 5.32 Å². The van der Waals surface area contributed by atoms with Gasteiger partial charge in [-0.05, 0) is 31.3 Å². The first-order valence-corrected chi connectivity index (χ1v) is 6.21. The number of sulfone groups is 1. The SMILES string of the molecule is CNC(C(=O)O)S(=O)(=O)c1ccc(Cl)cc1. The number of halogens is 1. The van der Waals surface area contributed by atoms with E-state index >= 15 is 0 Å². The van der Waals surface area contributed by atoms with Gasteiger partial charge in [0.1, 0.15) is 0 Å². The van der Waals surface area contributed by atoms with E-state index < -0.39 is 21.2 Å². The summed E-state index contributed by atoms with van der Waals surface area (Å²) in [5, 5.41) is 9.72. The van der Waals surface area contributed by atoms with Crippen molar-refractivity contribution in [2.75, 3.05) is 7.05 Å². The number of aliphatic carboxylic acids is 1. The van der Waals surface area contributed by atoms with Crippen LogP contribution in [0.3, 0.4) is 0 Å². The van der Waals surface area contributed by atoms with Crippen LogP contribution in [0.1, 0.15) is 0 Å². The lowest BCUT2D eigenvalue weighted by molar-refractivity contribution is -0.137. The zero-order valence-electron chi connectivity index (χ0n) is 8.34. The fraction of sp³-hybridized carbons (Fsp3) is 0.222. The van der Waals surface area contributed by atoms with Crippen molar-refractivity contribution in [3.63, 3.8) is 0 Å². The smallest absolute Gasteiger partial charge is 0.336 e. The number of hydrogen-bond donors (Lipinski definition) is 2. The highest BCUT2D eigenvalue weighted by molar-refractivity contribution is 7.92. The summed E-state index contributed by atoms with van der Waals surface area (Å²) in [7, 11) is -2.67. The molecule has 7 heteroatoms. The van der Waals surface area contributed by atoms with E-state index in [4.69, 9.17) is 16.7 Å². The van der Waals surface area contributed by atoms with Crippen LogP contribution in [0.4, 0.5) is 0 Å². The van der Waals surface area contributed by atoms with Gasteiger partial charge in [0, 0.05) is 5.02 Å². The lowest BCUT2D eigenvalue weighted by Gasteiger charge is -2.12. The molecular weight excluding hydrogens is 254 g/mol. The normalized spacial score (nSPS) is 13.4. The number of hydrogen-bond acceptors (Lipinski definition) is 4. The van der Waals surface area contributed by atoms with Gasteiger partial charge < -0.3 is 5.11 Å². The highest BCUT2D eigenvalue weighted by atomic mass is 35.5. The van der Waals surface area contributed by atoms with Crippen LogP contribution in [-0.2, 0) is 14.6 Å². The summed E-state index contributed by atoms with van der Waals surface area (Å²) in [6.45, 7) is 0. The van der Waals surface area contributed by atoms with Gasteiger partial charge in [0.15, 0.2) is 0 Å². The Bertz CT molecular complexity index is 483. The minimum absolute atomic E-state index is 0.0846. The number of rotatable bonds is 4. The van der Waals surface area contributed by atoms with Crippen molar-refractivity contribution in [2.45, 2.75) is 10.3 Å². The maximum Gasteiger partial charge on any atom is 0.336 e. The van der Waals surface area contributed by atoms with Gasteiger partial charge in [-0.15, -0.1) is 0 Å². The molecule has 0 saturated heterocycles. The van der Waals surface area contributed by atoms with Crippen LogP contribution in [0.2, 0.25) is 5.02 Å². The topological polar surface area (TPSA) is 83.5 Å². The lowest BCUT2D eigenvalue weighted by atomic mass is 10.4. The Morgan fingerprint density at radius 2 is 1.88 bits per heavy atom. The molecule has 0 fully saturated rings. The van der Waals surface area contributed by atoms with Gasteiger partial charge >= 0.3 is 5.97 Å². The first kappa shape index (κ1) is 13.0. The molecule has 0 saturated carbocycles. The predicted octanol–water partition coefficient (Wildman–Crippen LogP) is 0.744. The Hall–Kier alpha value is -1.11. The second-order valence-electron chi connectivity index (χ2n) is 3.01. The van der Waals surface area contributed by atoms with Crippen LogP contribution in [0.15, 0.2) is 29.2 Å². The molecule has 5 nitrogen and oxygen atoms in total. The monoisotopic (exact) mass is 263 g/mol. The van der Waals surface area contributed by atoms with E-state index in [1.54, 1.807) is 0 Å². The van der Waals surface area contributed by atoms with E-state index in [0.717, 1.165) is 0 Å². The molecular formula is C9H10ClNO4S. The largest absolute Gasteiger partial charge is 0.479 e. The summed E-state index contributed by atoms with van der Waals surface area (Å²) in [5.41, 5.74) is 0. The minimum atomic E-state index is -3.94. The van der Waals surface area contributed by atoms with Crippen LogP contribution in [0.25, 0.3) is 0 Å². The minimum Gasteiger partial charge on any atom is -0.479 e. The van der Waals surface area contributed by atoms with Gasteiger partial charge in [-0.1, -0.05) is 11.6 Å². The van der Waals surface area contributed by atoms with Crippen molar-refractivity contribution in [1.82, 2.24) is 5.32 Å². The number of carboxylic acid groups (broad SMARTS) is 1. The summed E-state index contributed by atoms with van der Waals surface area (Å²) >= 11 is 5.61. The van der Waals surface area contributed by atoms with Gasteiger partial charge in [0.05, 0.1) is 4.90 Å². The second kappa shape index (κ2) is 4.82. The van der Waals surface area contributed by atoms with Crippen molar-refractivity contribution in [3.05, 3.63) is 29.3 Å². The molecule has 1 aromatic rings. The molecule has 0 aliphatic heterocycles. The Labute approximate surface area is 98.0 Å². The molecule has 0 aliphatic carbocycles. The number of nitrogens with one attached hydrogen (secondary N) is 1. The Balaban J connectivity index is 3.20. The maximum atomic E-state index is 11.8. The standard InChI is InChI=1S/C9H10ClNO4S/c1-11-8(9(12)13)16(14,15)7-4-2-6(10)3-5-7/h2-5,8,11H,1H3,(H,12,13). The molecule has 0 aromatic heterocycles. The van der Waals surface area contributed by atoms with E-state index in [2.05, 4.69) is 5.32 Å². The van der Waals surface area contributed by atoms with Gasteiger partial charge in [0.25, 0.3) is 0 Å². The predicted molar refractivity (Wildman–Crippen MR) is 59.1 cm³/mol. The van der Waals surface area contributed by atoms with Crippen molar-refractivity contribution < 1.29 is 18.3 Å². The molecule has 16 heavy (non-hydrogen) atoms. The summed E-state index contributed by atoms with van der Waals surface area (Å²) in [5.74, 6) is -1.45. The Kier molecular flexibility index (Phi) is 3.90. The first-order chi connectivity index (χ1) is 7.39. The van der Waals surface area contributed by atoms with Crippen molar-refractivity contribution in [1.29, 1.82) is 0 Å². The van der Waals surface area contributed by atoms with Crippen LogP contribution >= 0.6 is 11.6 Å². The van der Waals surface area contributed by atoms with Crippen LogP contribution in [0, 0.1) is 0 Å². The van der Waals surface area contributed by atoms with E-state index in [-0.39, 0.29) is 4.90 Å². The molecule has 2 N–H and O–H groups in total. The van der Waals surface area contributed by atoms with Gasteiger partial charge in [-0.2, -0.15) is 0 Å². The van der Waals surface area contributed by atoms with Crippen LogP contribution in [0.5, 0.6) is 0 Å². The fourth-order valence-electron chi connectivity index (χ4n) is 1.17. The fourth-order valence-corrected chi connectivity index (χ4v) is 2.66. The van der Waals surface area contributed by atoms with Gasteiger partial charge in [-0.3, -0.25) is 5.32 Å².